The van der Waals surface area contributed by atoms with Crippen LogP contribution in [0.15, 0.2) is 91.0 Å². The normalized spacial score (nSPS) is 10.4. The second-order valence-corrected chi connectivity index (χ2v) is 6.46. The number of non-ortho nitro benzene ring substituents is 1. The van der Waals surface area contributed by atoms with Crippen molar-refractivity contribution in [2.75, 3.05) is 10.6 Å². The Morgan fingerprint density at radius 3 is 2.20 bits per heavy atom. The van der Waals surface area contributed by atoms with Crippen LogP contribution >= 0.6 is 0 Å². The van der Waals surface area contributed by atoms with E-state index in [2.05, 4.69) is 10.6 Å². The molecule has 0 unspecified atom stereocenters. The number of nitro benzene ring substituents is 1. The van der Waals surface area contributed by atoms with Gasteiger partial charge in [0, 0.05) is 28.6 Å². The van der Waals surface area contributed by atoms with E-state index < -0.39 is 4.92 Å². The number of benzene rings is 4. The number of ether oxygens (including phenoxy) is 1. The second-order valence-electron chi connectivity index (χ2n) is 6.46. The number of hydrogen-bond acceptors (Lipinski definition) is 4. The van der Waals surface area contributed by atoms with Gasteiger partial charge in [0.15, 0.2) is 0 Å². The third-order valence-corrected chi connectivity index (χ3v) is 4.44. The number of carbonyl (C=O) groups excluding carboxylic acids is 1. The van der Waals surface area contributed by atoms with Crippen LogP contribution in [0.1, 0.15) is 0 Å². The van der Waals surface area contributed by atoms with Gasteiger partial charge >= 0.3 is 6.03 Å². The topological polar surface area (TPSA) is 93.5 Å². The number of para-hydroxylation sites is 1. The molecule has 30 heavy (non-hydrogen) atoms. The molecule has 7 heteroatoms. The summed E-state index contributed by atoms with van der Waals surface area (Å²) in [5, 5.41) is 18.1. The number of amides is 2. The minimum Gasteiger partial charge on any atom is -0.457 e. The average Bonchev–Trinajstić information content (AvgIpc) is 2.75. The van der Waals surface area contributed by atoms with Crippen molar-refractivity contribution in [1.82, 2.24) is 0 Å². The first-order valence-electron chi connectivity index (χ1n) is 9.17. The Hall–Kier alpha value is -4.39. The molecule has 0 aliphatic carbocycles. The van der Waals surface area contributed by atoms with Crippen molar-refractivity contribution >= 4 is 33.9 Å². The fourth-order valence-electron chi connectivity index (χ4n) is 3.05. The number of hydrogen-bond donors (Lipinski definition) is 2. The van der Waals surface area contributed by atoms with Gasteiger partial charge in [0.1, 0.15) is 11.5 Å². The molecule has 4 aromatic rings. The highest BCUT2D eigenvalue weighted by Gasteiger charge is 2.10. The maximum absolute atomic E-state index is 12.4. The Morgan fingerprint density at radius 1 is 0.767 bits per heavy atom. The fourth-order valence-corrected chi connectivity index (χ4v) is 3.05. The van der Waals surface area contributed by atoms with Gasteiger partial charge in [0.2, 0.25) is 0 Å². The molecule has 4 aromatic carbocycles. The smallest absolute Gasteiger partial charge is 0.323 e. The van der Waals surface area contributed by atoms with Crippen molar-refractivity contribution in [3.63, 3.8) is 0 Å². The molecule has 2 N–H and O–H groups in total. The van der Waals surface area contributed by atoms with Crippen molar-refractivity contribution in [3.05, 3.63) is 101 Å². The highest BCUT2D eigenvalue weighted by atomic mass is 16.6. The van der Waals surface area contributed by atoms with E-state index in [9.17, 15) is 14.9 Å². The number of nitro groups is 1. The summed E-state index contributed by atoms with van der Waals surface area (Å²) in [6, 6.07) is 25.7. The van der Waals surface area contributed by atoms with Crippen molar-refractivity contribution < 1.29 is 14.5 Å². The fraction of sp³-hybridized carbons (Fsp3) is 0. The minimum atomic E-state index is -0.458. The Bertz CT molecular complexity index is 1210. The van der Waals surface area contributed by atoms with Crippen LogP contribution < -0.4 is 15.4 Å². The van der Waals surface area contributed by atoms with Gasteiger partial charge in [0.25, 0.3) is 5.69 Å². The Labute approximate surface area is 172 Å². The average molecular weight is 399 g/mol. The van der Waals surface area contributed by atoms with Crippen LogP contribution in [-0.4, -0.2) is 11.0 Å². The zero-order chi connectivity index (χ0) is 20.9. The van der Waals surface area contributed by atoms with Gasteiger partial charge in [-0.15, -0.1) is 0 Å². The molecule has 7 nitrogen and oxygen atoms in total. The van der Waals surface area contributed by atoms with Crippen LogP contribution in [0.5, 0.6) is 11.5 Å². The lowest BCUT2D eigenvalue weighted by molar-refractivity contribution is -0.384. The minimum absolute atomic E-state index is 0.00353. The Kier molecular flexibility index (Phi) is 5.25. The van der Waals surface area contributed by atoms with E-state index in [1.165, 1.54) is 12.1 Å². The Balaban J connectivity index is 1.58. The molecule has 0 bridgehead atoms. The van der Waals surface area contributed by atoms with Gasteiger partial charge in [-0.05, 0) is 36.4 Å². The molecule has 0 saturated heterocycles. The highest BCUT2D eigenvalue weighted by Crippen LogP contribution is 2.34. The van der Waals surface area contributed by atoms with Gasteiger partial charge in [-0.1, -0.05) is 42.5 Å². The second kappa shape index (κ2) is 8.32. The maximum Gasteiger partial charge on any atom is 0.323 e. The zero-order valence-corrected chi connectivity index (χ0v) is 15.7. The van der Waals surface area contributed by atoms with Crippen LogP contribution in [0.25, 0.3) is 10.8 Å². The molecule has 0 aliphatic rings. The summed E-state index contributed by atoms with van der Waals surface area (Å²) < 4.78 is 5.93. The van der Waals surface area contributed by atoms with Gasteiger partial charge in [0.05, 0.1) is 10.6 Å². The first-order chi connectivity index (χ1) is 14.6. The quantitative estimate of drug-likeness (QED) is 0.309. The van der Waals surface area contributed by atoms with E-state index in [-0.39, 0.29) is 11.7 Å². The SMILES string of the molecule is O=C(Nc1ccccc1)Nc1cccc2c(Oc3ccc([N+](=O)[O-])cc3)cccc12. The van der Waals surface area contributed by atoms with Crippen LogP contribution in [-0.2, 0) is 0 Å². The molecule has 0 fully saturated rings. The molecule has 0 aromatic heterocycles. The molecule has 0 spiro atoms. The number of urea groups is 1. The third-order valence-electron chi connectivity index (χ3n) is 4.44. The van der Waals surface area contributed by atoms with Crippen molar-refractivity contribution in [2.45, 2.75) is 0 Å². The summed E-state index contributed by atoms with van der Waals surface area (Å²) in [6.07, 6.45) is 0. The first kappa shape index (κ1) is 18.9. The summed E-state index contributed by atoms with van der Waals surface area (Å²) in [7, 11) is 0. The molecule has 2 amide bonds. The van der Waals surface area contributed by atoms with Crippen LogP contribution in [0.3, 0.4) is 0 Å². The molecular formula is C23H17N3O4. The van der Waals surface area contributed by atoms with E-state index >= 15 is 0 Å². The number of rotatable bonds is 5. The number of nitrogens with one attached hydrogen (secondary N) is 2. The predicted molar refractivity (Wildman–Crippen MR) is 116 cm³/mol. The molecule has 4 rings (SSSR count). The van der Waals surface area contributed by atoms with Gasteiger partial charge < -0.3 is 15.4 Å². The van der Waals surface area contributed by atoms with Crippen molar-refractivity contribution in [1.29, 1.82) is 0 Å². The van der Waals surface area contributed by atoms with E-state index in [1.54, 1.807) is 30.3 Å². The van der Waals surface area contributed by atoms with Crippen LogP contribution in [0.4, 0.5) is 21.9 Å². The predicted octanol–water partition coefficient (Wildman–Crippen LogP) is 6.18. The maximum atomic E-state index is 12.4. The van der Waals surface area contributed by atoms with Crippen molar-refractivity contribution in [2.24, 2.45) is 0 Å². The molecular weight excluding hydrogens is 382 g/mol. The lowest BCUT2D eigenvalue weighted by atomic mass is 10.1. The van der Waals surface area contributed by atoms with Crippen LogP contribution in [0.2, 0.25) is 0 Å². The number of nitrogens with zero attached hydrogens (tertiary/aromatic N) is 1. The standard InChI is InChI=1S/C23H17N3O4/c27-23(24-16-6-2-1-3-7-16)25-21-10-4-9-20-19(21)8-5-11-22(20)30-18-14-12-17(13-15-18)26(28)29/h1-15H,(H2,24,25,27). The lowest BCUT2D eigenvalue weighted by Crippen LogP contribution is -2.19. The molecule has 0 atom stereocenters. The lowest BCUT2D eigenvalue weighted by Gasteiger charge is -2.13. The van der Waals surface area contributed by atoms with E-state index in [0.29, 0.717) is 22.9 Å². The monoisotopic (exact) mass is 399 g/mol. The summed E-state index contributed by atoms with van der Waals surface area (Å²) in [5.41, 5.74) is 1.32. The van der Waals surface area contributed by atoms with E-state index in [0.717, 1.165) is 10.8 Å². The van der Waals surface area contributed by atoms with Gasteiger partial charge in [-0.3, -0.25) is 10.1 Å². The van der Waals surface area contributed by atoms with Crippen LogP contribution in [0, 0.1) is 10.1 Å². The van der Waals surface area contributed by atoms with E-state index in [1.807, 2.05) is 48.5 Å². The summed E-state index contributed by atoms with van der Waals surface area (Å²) in [5.74, 6) is 1.06. The molecule has 0 heterocycles. The summed E-state index contributed by atoms with van der Waals surface area (Å²) >= 11 is 0. The number of anilines is 2. The summed E-state index contributed by atoms with van der Waals surface area (Å²) in [4.78, 5) is 22.7. The number of carbonyl (C=O) groups is 1. The zero-order valence-electron chi connectivity index (χ0n) is 15.7. The summed E-state index contributed by atoms with van der Waals surface area (Å²) in [6.45, 7) is 0. The molecule has 0 aliphatic heterocycles. The molecule has 0 radical (unpaired) electrons. The van der Waals surface area contributed by atoms with E-state index in [4.69, 9.17) is 4.74 Å². The van der Waals surface area contributed by atoms with Gasteiger partial charge in [-0.25, -0.2) is 4.79 Å². The highest BCUT2D eigenvalue weighted by molar-refractivity contribution is 6.07. The van der Waals surface area contributed by atoms with Crippen molar-refractivity contribution in [3.8, 4) is 11.5 Å². The van der Waals surface area contributed by atoms with Gasteiger partial charge in [-0.2, -0.15) is 0 Å². The molecule has 148 valence electrons. The first-order valence-corrected chi connectivity index (χ1v) is 9.17. The third kappa shape index (κ3) is 4.20. The molecule has 0 saturated carbocycles. The number of fused-ring (bicyclic) bond motifs is 1. The largest absolute Gasteiger partial charge is 0.457 e. The Morgan fingerprint density at radius 2 is 1.47 bits per heavy atom.